The van der Waals surface area contributed by atoms with Crippen LogP contribution in [-0.2, 0) is 0 Å². The summed E-state index contributed by atoms with van der Waals surface area (Å²) in [4.78, 5) is 0. The van der Waals surface area contributed by atoms with E-state index in [9.17, 15) is 0 Å². The standard InChI is InChI=1S/C14H23NO/c1-6-14(3,4)15-11(2)12-9-7-8-10-13(12)16-5/h7-11,15H,6H2,1-5H3. The molecule has 1 unspecified atom stereocenters. The van der Waals surface area contributed by atoms with Crippen LogP contribution in [0.25, 0.3) is 0 Å². The first kappa shape index (κ1) is 13.0. The maximum absolute atomic E-state index is 5.37. The van der Waals surface area contributed by atoms with Crippen molar-refractivity contribution in [1.82, 2.24) is 5.32 Å². The Kier molecular flexibility index (Phi) is 4.36. The Bertz CT molecular complexity index is 333. The molecule has 1 atom stereocenters. The Morgan fingerprint density at radius 2 is 1.94 bits per heavy atom. The molecule has 1 aromatic carbocycles. The lowest BCUT2D eigenvalue weighted by atomic mass is 9.98. The van der Waals surface area contributed by atoms with Crippen molar-refractivity contribution in [2.24, 2.45) is 0 Å². The summed E-state index contributed by atoms with van der Waals surface area (Å²) in [5.41, 5.74) is 1.37. The molecule has 0 amide bonds. The van der Waals surface area contributed by atoms with Gasteiger partial charge in [-0.25, -0.2) is 0 Å². The monoisotopic (exact) mass is 221 g/mol. The van der Waals surface area contributed by atoms with Crippen molar-refractivity contribution in [3.05, 3.63) is 29.8 Å². The number of ether oxygens (including phenoxy) is 1. The number of hydrogen-bond acceptors (Lipinski definition) is 2. The molecule has 0 aliphatic carbocycles. The van der Waals surface area contributed by atoms with E-state index < -0.39 is 0 Å². The molecule has 0 saturated heterocycles. The minimum absolute atomic E-state index is 0.153. The maximum atomic E-state index is 5.37. The van der Waals surface area contributed by atoms with Crippen LogP contribution in [0, 0.1) is 0 Å². The minimum Gasteiger partial charge on any atom is -0.496 e. The number of rotatable bonds is 5. The average Bonchev–Trinajstić information content (AvgIpc) is 2.28. The normalized spacial score (nSPS) is 13.6. The van der Waals surface area contributed by atoms with Crippen LogP contribution in [-0.4, -0.2) is 12.6 Å². The van der Waals surface area contributed by atoms with Crippen molar-refractivity contribution < 1.29 is 4.74 Å². The SMILES string of the molecule is CCC(C)(C)NC(C)c1ccccc1OC. The maximum Gasteiger partial charge on any atom is 0.123 e. The van der Waals surface area contributed by atoms with E-state index in [0.717, 1.165) is 12.2 Å². The van der Waals surface area contributed by atoms with Crippen molar-refractivity contribution >= 4 is 0 Å². The van der Waals surface area contributed by atoms with Crippen LogP contribution in [0.15, 0.2) is 24.3 Å². The predicted octanol–water partition coefficient (Wildman–Crippen LogP) is 3.53. The van der Waals surface area contributed by atoms with E-state index in [2.05, 4.69) is 45.1 Å². The number of benzene rings is 1. The van der Waals surface area contributed by atoms with Gasteiger partial charge in [0.25, 0.3) is 0 Å². The second-order valence-electron chi connectivity index (χ2n) is 4.85. The molecule has 2 nitrogen and oxygen atoms in total. The second kappa shape index (κ2) is 5.35. The fourth-order valence-electron chi connectivity index (χ4n) is 1.79. The van der Waals surface area contributed by atoms with Crippen molar-refractivity contribution in [2.75, 3.05) is 7.11 Å². The highest BCUT2D eigenvalue weighted by Crippen LogP contribution is 2.26. The smallest absolute Gasteiger partial charge is 0.123 e. The zero-order valence-electron chi connectivity index (χ0n) is 11.0. The molecule has 0 aromatic heterocycles. The molecule has 0 aliphatic rings. The summed E-state index contributed by atoms with van der Waals surface area (Å²) in [6.45, 7) is 8.81. The van der Waals surface area contributed by atoms with E-state index in [1.54, 1.807) is 7.11 Å². The van der Waals surface area contributed by atoms with Crippen LogP contribution in [0.5, 0.6) is 5.75 Å². The van der Waals surface area contributed by atoms with Crippen molar-refractivity contribution in [1.29, 1.82) is 0 Å². The molecule has 2 heteroatoms. The summed E-state index contributed by atoms with van der Waals surface area (Å²) >= 11 is 0. The van der Waals surface area contributed by atoms with Crippen LogP contribution < -0.4 is 10.1 Å². The lowest BCUT2D eigenvalue weighted by molar-refractivity contribution is 0.329. The second-order valence-corrected chi connectivity index (χ2v) is 4.85. The van der Waals surface area contributed by atoms with Crippen molar-refractivity contribution in [2.45, 2.75) is 45.7 Å². The van der Waals surface area contributed by atoms with Crippen LogP contribution in [0.3, 0.4) is 0 Å². The van der Waals surface area contributed by atoms with Gasteiger partial charge in [-0.3, -0.25) is 0 Å². The van der Waals surface area contributed by atoms with Gasteiger partial charge in [0.1, 0.15) is 5.75 Å². The average molecular weight is 221 g/mol. The first-order chi connectivity index (χ1) is 7.50. The van der Waals surface area contributed by atoms with Crippen LogP contribution in [0.2, 0.25) is 0 Å². The van der Waals surface area contributed by atoms with Gasteiger partial charge >= 0.3 is 0 Å². The van der Waals surface area contributed by atoms with Gasteiger partial charge in [-0.2, -0.15) is 0 Å². The molecule has 90 valence electrons. The van der Waals surface area contributed by atoms with Gasteiger partial charge in [0.05, 0.1) is 7.11 Å². The molecule has 0 saturated carbocycles. The molecule has 1 rings (SSSR count). The van der Waals surface area contributed by atoms with Crippen LogP contribution >= 0.6 is 0 Å². The Morgan fingerprint density at radius 3 is 2.50 bits per heavy atom. The van der Waals surface area contributed by atoms with E-state index >= 15 is 0 Å². The van der Waals surface area contributed by atoms with Gasteiger partial charge < -0.3 is 10.1 Å². The summed E-state index contributed by atoms with van der Waals surface area (Å²) in [6, 6.07) is 8.47. The van der Waals surface area contributed by atoms with E-state index in [-0.39, 0.29) is 5.54 Å². The first-order valence-corrected chi connectivity index (χ1v) is 5.91. The number of nitrogens with one attached hydrogen (secondary N) is 1. The van der Waals surface area contributed by atoms with Crippen LogP contribution in [0.4, 0.5) is 0 Å². The van der Waals surface area contributed by atoms with Crippen molar-refractivity contribution in [3.8, 4) is 5.75 Å². The van der Waals surface area contributed by atoms with Gasteiger partial charge in [0.2, 0.25) is 0 Å². The summed E-state index contributed by atoms with van der Waals surface area (Å²) in [5.74, 6) is 0.953. The van der Waals surface area contributed by atoms with E-state index in [4.69, 9.17) is 4.74 Å². The van der Waals surface area contributed by atoms with E-state index in [1.165, 1.54) is 5.56 Å². The molecule has 1 N–H and O–H groups in total. The molecule has 1 aromatic rings. The van der Waals surface area contributed by atoms with Gasteiger partial charge in [-0.1, -0.05) is 25.1 Å². The lowest BCUT2D eigenvalue weighted by Crippen LogP contribution is -2.40. The number of methoxy groups -OCH3 is 1. The molecule has 16 heavy (non-hydrogen) atoms. The summed E-state index contributed by atoms with van der Waals surface area (Å²) in [6.07, 6.45) is 1.10. The molecular weight excluding hydrogens is 198 g/mol. The van der Waals surface area contributed by atoms with E-state index in [0.29, 0.717) is 6.04 Å². The van der Waals surface area contributed by atoms with E-state index in [1.807, 2.05) is 12.1 Å². The van der Waals surface area contributed by atoms with Crippen LogP contribution in [0.1, 0.15) is 45.7 Å². The molecule has 0 aliphatic heterocycles. The zero-order chi connectivity index (χ0) is 12.2. The Morgan fingerprint density at radius 1 is 1.31 bits per heavy atom. The third-order valence-corrected chi connectivity index (χ3v) is 3.10. The first-order valence-electron chi connectivity index (χ1n) is 5.91. The third-order valence-electron chi connectivity index (χ3n) is 3.10. The molecule has 0 spiro atoms. The van der Waals surface area contributed by atoms with Crippen molar-refractivity contribution in [3.63, 3.8) is 0 Å². The molecule has 0 fully saturated rings. The fourth-order valence-corrected chi connectivity index (χ4v) is 1.79. The Hall–Kier alpha value is -1.02. The predicted molar refractivity (Wildman–Crippen MR) is 68.9 cm³/mol. The Balaban J connectivity index is 2.84. The summed E-state index contributed by atoms with van der Waals surface area (Å²) in [7, 11) is 1.72. The van der Waals surface area contributed by atoms with Gasteiger partial charge in [0, 0.05) is 17.1 Å². The van der Waals surface area contributed by atoms with Gasteiger partial charge in [-0.05, 0) is 33.3 Å². The van der Waals surface area contributed by atoms with Gasteiger partial charge in [0.15, 0.2) is 0 Å². The Labute approximate surface area is 99.0 Å². The largest absolute Gasteiger partial charge is 0.496 e. The highest BCUT2D eigenvalue weighted by molar-refractivity contribution is 5.35. The summed E-state index contributed by atoms with van der Waals surface area (Å²) in [5, 5.41) is 3.62. The minimum atomic E-state index is 0.153. The third kappa shape index (κ3) is 3.24. The fraction of sp³-hybridized carbons (Fsp3) is 0.571. The zero-order valence-corrected chi connectivity index (χ0v) is 11.0. The molecular formula is C14H23NO. The molecule has 0 radical (unpaired) electrons. The lowest BCUT2D eigenvalue weighted by Gasteiger charge is -2.30. The van der Waals surface area contributed by atoms with Gasteiger partial charge in [-0.15, -0.1) is 0 Å². The topological polar surface area (TPSA) is 21.3 Å². The molecule has 0 heterocycles. The molecule has 0 bridgehead atoms. The highest BCUT2D eigenvalue weighted by Gasteiger charge is 2.20. The summed E-state index contributed by atoms with van der Waals surface area (Å²) < 4.78 is 5.37. The quantitative estimate of drug-likeness (QED) is 0.821. The highest BCUT2D eigenvalue weighted by atomic mass is 16.5. The number of hydrogen-bond donors (Lipinski definition) is 1. The number of para-hydroxylation sites is 1.